The van der Waals surface area contributed by atoms with Gasteiger partial charge in [-0.05, 0) is 42.7 Å². The number of para-hydroxylation sites is 1. The molecule has 3 atom stereocenters. The summed E-state index contributed by atoms with van der Waals surface area (Å²) in [4.78, 5) is 0. The molecule has 0 unspecified atom stereocenters. The zero-order valence-electron chi connectivity index (χ0n) is 15.5. The van der Waals surface area contributed by atoms with Gasteiger partial charge in [0.15, 0.2) is 0 Å². The highest BCUT2D eigenvalue weighted by atomic mass is 16.5. The fraction of sp³-hybridized carbons (Fsp3) is 0.381. The van der Waals surface area contributed by atoms with E-state index in [1.165, 1.54) is 5.56 Å². The molecule has 5 heteroatoms. The van der Waals surface area contributed by atoms with E-state index >= 15 is 0 Å². The van der Waals surface area contributed by atoms with Crippen LogP contribution in [0.3, 0.4) is 0 Å². The maximum absolute atomic E-state index is 9.32. The number of nitriles is 1. The first-order valence-electron chi connectivity index (χ1n) is 9.03. The molecule has 1 aliphatic rings. The SMILES string of the molecule is COc1ccc([C@@H](C)CN[C@H](C)[C@H]2CNc3cccc(C#N)c3N2)cc1. The molecule has 3 N–H and O–H groups in total. The molecule has 136 valence electrons. The molecule has 0 amide bonds. The summed E-state index contributed by atoms with van der Waals surface area (Å²) in [7, 11) is 1.68. The number of hydrogen-bond donors (Lipinski definition) is 3. The van der Waals surface area contributed by atoms with Crippen molar-refractivity contribution in [1.82, 2.24) is 5.32 Å². The van der Waals surface area contributed by atoms with Gasteiger partial charge in [-0.3, -0.25) is 0 Å². The molecule has 1 aliphatic heterocycles. The van der Waals surface area contributed by atoms with Crippen molar-refractivity contribution in [2.45, 2.75) is 31.8 Å². The van der Waals surface area contributed by atoms with E-state index in [2.05, 4.69) is 48.0 Å². The van der Waals surface area contributed by atoms with Crippen LogP contribution < -0.4 is 20.7 Å². The number of methoxy groups -OCH3 is 1. The molecular formula is C21H26N4O. The first-order valence-corrected chi connectivity index (χ1v) is 9.03. The summed E-state index contributed by atoms with van der Waals surface area (Å²) in [6.07, 6.45) is 0. The summed E-state index contributed by atoms with van der Waals surface area (Å²) in [6.45, 7) is 6.11. The second kappa shape index (κ2) is 8.11. The van der Waals surface area contributed by atoms with Crippen LogP contribution in [-0.2, 0) is 0 Å². The van der Waals surface area contributed by atoms with E-state index in [1.807, 2.05) is 30.3 Å². The molecule has 0 spiro atoms. The Morgan fingerprint density at radius 2 is 2.00 bits per heavy atom. The summed E-state index contributed by atoms with van der Waals surface area (Å²) in [6, 6.07) is 16.7. The Kier molecular flexibility index (Phi) is 5.65. The van der Waals surface area contributed by atoms with Gasteiger partial charge in [0.1, 0.15) is 11.8 Å². The van der Waals surface area contributed by atoms with Crippen molar-refractivity contribution in [3.05, 3.63) is 53.6 Å². The van der Waals surface area contributed by atoms with E-state index in [9.17, 15) is 5.26 Å². The molecule has 2 aromatic carbocycles. The van der Waals surface area contributed by atoms with Gasteiger partial charge in [0.25, 0.3) is 0 Å². The third-order valence-electron chi connectivity index (χ3n) is 5.06. The minimum atomic E-state index is 0.222. The molecule has 0 saturated heterocycles. The summed E-state index contributed by atoms with van der Waals surface area (Å²) in [5.41, 5.74) is 3.87. The molecule has 3 rings (SSSR count). The van der Waals surface area contributed by atoms with Crippen LogP contribution in [0.1, 0.15) is 30.9 Å². The zero-order chi connectivity index (χ0) is 18.5. The standard InChI is InChI=1S/C21H26N4O/c1-14(16-7-9-18(26-3)10-8-16)12-23-15(2)20-13-24-19-6-4-5-17(11-22)21(19)25-20/h4-10,14-15,20,23-25H,12-13H2,1-3H3/t14-,15+,20+/m0/s1. The Morgan fingerprint density at radius 3 is 2.69 bits per heavy atom. The van der Waals surface area contributed by atoms with Gasteiger partial charge in [-0.25, -0.2) is 0 Å². The summed E-state index contributed by atoms with van der Waals surface area (Å²) in [5.74, 6) is 1.29. The first-order chi connectivity index (χ1) is 12.6. The van der Waals surface area contributed by atoms with E-state index < -0.39 is 0 Å². The predicted octanol–water partition coefficient (Wildman–Crippen LogP) is 3.55. The van der Waals surface area contributed by atoms with Gasteiger partial charge in [-0.1, -0.05) is 25.1 Å². The van der Waals surface area contributed by atoms with E-state index in [4.69, 9.17) is 4.74 Å². The molecule has 0 fully saturated rings. The van der Waals surface area contributed by atoms with Crippen LogP contribution in [0, 0.1) is 11.3 Å². The molecule has 26 heavy (non-hydrogen) atoms. The van der Waals surface area contributed by atoms with Gasteiger partial charge < -0.3 is 20.7 Å². The number of nitrogens with one attached hydrogen (secondary N) is 3. The van der Waals surface area contributed by atoms with E-state index in [0.29, 0.717) is 11.5 Å². The normalized spacial score (nSPS) is 17.8. The highest BCUT2D eigenvalue weighted by Crippen LogP contribution is 2.30. The van der Waals surface area contributed by atoms with Crippen LogP contribution >= 0.6 is 0 Å². The third kappa shape index (κ3) is 3.92. The summed E-state index contributed by atoms with van der Waals surface area (Å²) < 4.78 is 5.22. The molecule has 2 aromatic rings. The summed E-state index contributed by atoms with van der Waals surface area (Å²) >= 11 is 0. The van der Waals surface area contributed by atoms with Crippen LogP contribution in [-0.4, -0.2) is 32.3 Å². The van der Waals surface area contributed by atoms with Crippen molar-refractivity contribution in [1.29, 1.82) is 5.26 Å². The second-order valence-electron chi connectivity index (χ2n) is 6.84. The number of rotatable bonds is 6. The quantitative estimate of drug-likeness (QED) is 0.743. The molecule has 0 saturated carbocycles. The van der Waals surface area contributed by atoms with Crippen molar-refractivity contribution < 1.29 is 4.74 Å². The number of benzene rings is 2. The minimum Gasteiger partial charge on any atom is -0.497 e. The largest absolute Gasteiger partial charge is 0.497 e. The van der Waals surface area contributed by atoms with Crippen LogP contribution in [0.2, 0.25) is 0 Å². The Hall–Kier alpha value is -2.71. The van der Waals surface area contributed by atoms with Crippen molar-refractivity contribution >= 4 is 11.4 Å². The Morgan fingerprint density at radius 1 is 1.23 bits per heavy atom. The fourth-order valence-electron chi connectivity index (χ4n) is 3.26. The van der Waals surface area contributed by atoms with Crippen LogP contribution in [0.15, 0.2) is 42.5 Å². The molecule has 1 heterocycles. The molecule has 0 radical (unpaired) electrons. The van der Waals surface area contributed by atoms with Gasteiger partial charge in [0.05, 0.1) is 30.1 Å². The maximum atomic E-state index is 9.32. The second-order valence-corrected chi connectivity index (χ2v) is 6.84. The monoisotopic (exact) mass is 350 g/mol. The Balaban J connectivity index is 1.58. The van der Waals surface area contributed by atoms with Crippen LogP contribution in [0.5, 0.6) is 5.75 Å². The van der Waals surface area contributed by atoms with Crippen molar-refractivity contribution in [3.8, 4) is 11.8 Å². The van der Waals surface area contributed by atoms with Gasteiger partial charge in [-0.15, -0.1) is 0 Å². The van der Waals surface area contributed by atoms with Crippen LogP contribution in [0.4, 0.5) is 11.4 Å². The number of hydrogen-bond acceptors (Lipinski definition) is 5. The summed E-state index contributed by atoms with van der Waals surface area (Å²) in [5, 5.41) is 19.9. The van der Waals surface area contributed by atoms with Crippen molar-refractivity contribution in [2.24, 2.45) is 0 Å². The Bertz CT molecular complexity index is 782. The van der Waals surface area contributed by atoms with Crippen molar-refractivity contribution in [3.63, 3.8) is 0 Å². The number of anilines is 2. The van der Waals surface area contributed by atoms with E-state index in [0.717, 1.165) is 30.2 Å². The first kappa shape index (κ1) is 18.1. The average Bonchev–Trinajstić information content (AvgIpc) is 2.70. The molecule has 0 aliphatic carbocycles. The van der Waals surface area contributed by atoms with Crippen molar-refractivity contribution in [2.75, 3.05) is 30.8 Å². The predicted molar refractivity (Wildman–Crippen MR) is 106 cm³/mol. The van der Waals surface area contributed by atoms with Gasteiger partial charge in [0.2, 0.25) is 0 Å². The number of nitrogens with zero attached hydrogens (tertiary/aromatic N) is 1. The number of ether oxygens (including phenoxy) is 1. The lowest BCUT2D eigenvalue weighted by molar-refractivity contribution is 0.414. The lowest BCUT2D eigenvalue weighted by Crippen LogP contribution is -2.48. The Labute approximate surface area is 155 Å². The van der Waals surface area contributed by atoms with Crippen LogP contribution in [0.25, 0.3) is 0 Å². The molecule has 0 aromatic heterocycles. The van der Waals surface area contributed by atoms with Gasteiger partial charge in [0, 0.05) is 19.1 Å². The fourth-order valence-corrected chi connectivity index (χ4v) is 3.26. The average molecular weight is 350 g/mol. The highest BCUT2D eigenvalue weighted by Gasteiger charge is 2.24. The third-order valence-corrected chi connectivity index (χ3v) is 5.06. The molecular weight excluding hydrogens is 324 g/mol. The molecule has 0 bridgehead atoms. The van der Waals surface area contributed by atoms with E-state index in [-0.39, 0.29) is 12.1 Å². The maximum Gasteiger partial charge on any atom is 0.118 e. The van der Waals surface area contributed by atoms with Gasteiger partial charge >= 0.3 is 0 Å². The smallest absolute Gasteiger partial charge is 0.118 e. The highest BCUT2D eigenvalue weighted by molar-refractivity contribution is 5.77. The lowest BCUT2D eigenvalue weighted by Gasteiger charge is -2.34. The zero-order valence-corrected chi connectivity index (χ0v) is 15.5. The van der Waals surface area contributed by atoms with Gasteiger partial charge in [-0.2, -0.15) is 5.26 Å². The van der Waals surface area contributed by atoms with E-state index in [1.54, 1.807) is 7.11 Å². The number of fused-ring (bicyclic) bond motifs is 1. The molecule has 5 nitrogen and oxygen atoms in total. The lowest BCUT2D eigenvalue weighted by atomic mass is 9.99. The topological polar surface area (TPSA) is 69.1 Å². The minimum absolute atomic E-state index is 0.222.